The summed E-state index contributed by atoms with van der Waals surface area (Å²) in [6, 6.07) is 0.105. The van der Waals surface area contributed by atoms with Gasteiger partial charge in [0, 0.05) is 24.1 Å². The van der Waals surface area contributed by atoms with Gasteiger partial charge in [0.05, 0.1) is 11.7 Å². The van der Waals surface area contributed by atoms with E-state index in [0.717, 1.165) is 43.2 Å². The Labute approximate surface area is 136 Å². The molecule has 0 radical (unpaired) electrons. The Morgan fingerprint density at radius 1 is 1.36 bits per heavy atom. The molecule has 1 fully saturated rings. The summed E-state index contributed by atoms with van der Waals surface area (Å²) < 4.78 is 5.32. The van der Waals surface area contributed by atoms with Crippen LogP contribution in [0, 0.1) is 19.8 Å². The van der Waals surface area contributed by atoms with Crippen molar-refractivity contribution in [2.45, 2.75) is 59.0 Å². The number of thiazole rings is 1. The maximum Gasteiger partial charge on any atom is 0.315 e. The Morgan fingerprint density at radius 2 is 2.05 bits per heavy atom. The summed E-state index contributed by atoms with van der Waals surface area (Å²) in [7, 11) is 0. The first-order chi connectivity index (χ1) is 10.5. The van der Waals surface area contributed by atoms with E-state index in [9.17, 15) is 4.79 Å². The molecule has 2 heterocycles. The molecule has 1 aromatic heterocycles. The van der Waals surface area contributed by atoms with Gasteiger partial charge in [0.2, 0.25) is 0 Å². The third kappa shape index (κ3) is 4.95. The van der Waals surface area contributed by atoms with Crippen molar-refractivity contribution in [3.05, 3.63) is 15.6 Å². The normalized spacial score (nSPS) is 17.5. The molecule has 2 N–H and O–H groups in total. The summed E-state index contributed by atoms with van der Waals surface area (Å²) in [6.07, 6.45) is 2.67. The molecular weight excluding hydrogens is 298 g/mol. The van der Waals surface area contributed by atoms with Gasteiger partial charge >= 0.3 is 6.03 Å². The van der Waals surface area contributed by atoms with Gasteiger partial charge in [-0.2, -0.15) is 0 Å². The number of carbonyl (C=O) groups is 1. The van der Waals surface area contributed by atoms with Crippen molar-refractivity contribution in [2.24, 2.45) is 5.92 Å². The fourth-order valence-electron chi connectivity index (χ4n) is 2.57. The fourth-order valence-corrected chi connectivity index (χ4v) is 3.55. The molecular formula is C16H27N3O2S. The lowest BCUT2D eigenvalue weighted by molar-refractivity contribution is 0.0799. The van der Waals surface area contributed by atoms with Crippen molar-refractivity contribution < 1.29 is 9.53 Å². The topological polar surface area (TPSA) is 63.2 Å². The molecule has 1 aromatic rings. The number of aromatic nitrogens is 1. The minimum Gasteiger partial charge on any atom is -0.381 e. The highest BCUT2D eigenvalue weighted by molar-refractivity contribution is 7.11. The molecule has 1 unspecified atom stereocenters. The van der Waals surface area contributed by atoms with Crippen molar-refractivity contribution in [3.63, 3.8) is 0 Å². The van der Waals surface area contributed by atoms with Gasteiger partial charge in [0.15, 0.2) is 0 Å². The van der Waals surface area contributed by atoms with Crippen molar-refractivity contribution in [3.8, 4) is 0 Å². The minimum atomic E-state index is -0.0944. The number of hydrogen-bond acceptors (Lipinski definition) is 4. The highest BCUT2D eigenvalue weighted by atomic mass is 32.1. The average Bonchev–Trinajstić information content (AvgIpc) is 2.78. The minimum absolute atomic E-state index is 0.0164. The molecule has 1 aliphatic heterocycles. The summed E-state index contributed by atoms with van der Waals surface area (Å²) in [4.78, 5) is 18.1. The summed E-state index contributed by atoms with van der Waals surface area (Å²) in [5, 5.41) is 7.18. The Hall–Kier alpha value is -1.14. The zero-order valence-corrected chi connectivity index (χ0v) is 14.8. The number of urea groups is 1. The number of hydrogen-bond donors (Lipinski definition) is 2. The second-order valence-corrected chi connectivity index (χ2v) is 7.62. The maximum absolute atomic E-state index is 12.3. The second-order valence-electron chi connectivity index (χ2n) is 6.38. The van der Waals surface area contributed by atoms with Gasteiger partial charge in [0.1, 0.15) is 5.01 Å². The van der Waals surface area contributed by atoms with Crippen LogP contribution >= 0.6 is 11.3 Å². The van der Waals surface area contributed by atoms with Crippen LogP contribution in [0.15, 0.2) is 0 Å². The molecule has 0 aromatic carbocycles. The van der Waals surface area contributed by atoms with Gasteiger partial charge in [-0.05, 0) is 39.0 Å². The van der Waals surface area contributed by atoms with Crippen molar-refractivity contribution in [2.75, 3.05) is 13.2 Å². The molecule has 124 valence electrons. The van der Waals surface area contributed by atoms with Crippen LogP contribution in [0.4, 0.5) is 4.79 Å². The zero-order valence-electron chi connectivity index (χ0n) is 13.9. The predicted octanol–water partition coefficient (Wildman–Crippen LogP) is 3.33. The third-order valence-corrected chi connectivity index (χ3v) is 5.10. The van der Waals surface area contributed by atoms with Gasteiger partial charge in [0.25, 0.3) is 0 Å². The fraction of sp³-hybridized carbons (Fsp3) is 0.750. The second kappa shape index (κ2) is 7.92. The van der Waals surface area contributed by atoms with Gasteiger partial charge in [-0.3, -0.25) is 0 Å². The Bertz CT molecular complexity index is 476. The molecule has 6 heteroatoms. The molecule has 0 spiro atoms. The number of nitrogens with one attached hydrogen (secondary N) is 2. The van der Waals surface area contributed by atoms with E-state index < -0.39 is 0 Å². The van der Waals surface area contributed by atoms with E-state index in [-0.39, 0.29) is 18.1 Å². The van der Waals surface area contributed by atoms with E-state index in [1.165, 1.54) is 4.88 Å². The predicted molar refractivity (Wildman–Crippen MR) is 89.3 cm³/mol. The van der Waals surface area contributed by atoms with Crippen LogP contribution in [0.3, 0.4) is 0 Å². The monoisotopic (exact) mass is 325 g/mol. The first-order valence-electron chi connectivity index (χ1n) is 8.04. The van der Waals surface area contributed by atoms with Crippen molar-refractivity contribution >= 4 is 17.4 Å². The molecule has 0 bridgehead atoms. The van der Waals surface area contributed by atoms with Gasteiger partial charge in [-0.1, -0.05) is 13.8 Å². The third-order valence-electron chi connectivity index (χ3n) is 3.91. The van der Waals surface area contributed by atoms with E-state index in [4.69, 9.17) is 4.74 Å². The highest BCUT2D eigenvalue weighted by Gasteiger charge is 2.22. The molecule has 0 saturated carbocycles. The SMILES string of the molecule is Cc1nc(C(CC(C)C)NC(=O)NC2CCOCC2)sc1C. The molecule has 1 saturated heterocycles. The molecule has 0 aliphatic carbocycles. The number of nitrogens with zero attached hydrogens (tertiary/aromatic N) is 1. The van der Waals surface area contributed by atoms with Gasteiger partial charge in [-0.25, -0.2) is 9.78 Å². The van der Waals surface area contributed by atoms with E-state index >= 15 is 0 Å². The standard InChI is InChI=1S/C16H27N3O2S/c1-10(2)9-14(15-17-11(3)12(4)22-15)19-16(20)18-13-5-7-21-8-6-13/h10,13-14H,5-9H2,1-4H3,(H2,18,19,20). The van der Waals surface area contributed by atoms with Crippen LogP contribution < -0.4 is 10.6 Å². The molecule has 5 nitrogen and oxygen atoms in total. The first kappa shape index (κ1) is 17.2. The highest BCUT2D eigenvalue weighted by Crippen LogP contribution is 2.27. The number of carbonyl (C=O) groups excluding carboxylic acids is 1. The first-order valence-corrected chi connectivity index (χ1v) is 8.86. The quantitative estimate of drug-likeness (QED) is 0.873. The molecule has 1 atom stereocenters. The number of rotatable bonds is 5. The van der Waals surface area contributed by atoms with Crippen LogP contribution in [-0.4, -0.2) is 30.3 Å². The molecule has 2 rings (SSSR count). The lowest BCUT2D eigenvalue weighted by Gasteiger charge is -2.25. The number of aryl methyl sites for hydroxylation is 2. The lowest BCUT2D eigenvalue weighted by Crippen LogP contribution is -2.45. The van der Waals surface area contributed by atoms with E-state index in [1.54, 1.807) is 11.3 Å². The summed E-state index contributed by atoms with van der Waals surface area (Å²) >= 11 is 1.68. The van der Waals surface area contributed by atoms with Gasteiger partial charge in [-0.15, -0.1) is 11.3 Å². The number of amides is 2. The zero-order chi connectivity index (χ0) is 16.1. The molecule has 1 aliphatic rings. The van der Waals surface area contributed by atoms with E-state index in [0.29, 0.717) is 5.92 Å². The maximum atomic E-state index is 12.3. The van der Waals surface area contributed by atoms with E-state index in [2.05, 4.69) is 36.4 Å². The average molecular weight is 325 g/mol. The lowest BCUT2D eigenvalue weighted by atomic mass is 10.0. The summed E-state index contributed by atoms with van der Waals surface area (Å²) in [6.45, 7) is 9.88. The van der Waals surface area contributed by atoms with E-state index in [1.807, 2.05) is 6.92 Å². The van der Waals surface area contributed by atoms with Crippen LogP contribution in [-0.2, 0) is 4.74 Å². The molecule has 22 heavy (non-hydrogen) atoms. The van der Waals surface area contributed by atoms with Gasteiger partial charge < -0.3 is 15.4 Å². The smallest absolute Gasteiger partial charge is 0.315 e. The van der Waals surface area contributed by atoms with Crippen molar-refractivity contribution in [1.29, 1.82) is 0 Å². The Kier molecular flexibility index (Phi) is 6.20. The Balaban J connectivity index is 1.97. The van der Waals surface area contributed by atoms with Crippen LogP contribution in [0.5, 0.6) is 0 Å². The summed E-state index contributed by atoms with van der Waals surface area (Å²) in [5.74, 6) is 0.498. The molecule has 2 amide bonds. The summed E-state index contributed by atoms with van der Waals surface area (Å²) in [5.41, 5.74) is 1.06. The Morgan fingerprint density at radius 3 is 2.59 bits per heavy atom. The van der Waals surface area contributed by atoms with Crippen LogP contribution in [0.1, 0.15) is 54.7 Å². The van der Waals surface area contributed by atoms with Crippen molar-refractivity contribution in [1.82, 2.24) is 15.6 Å². The number of ether oxygens (including phenoxy) is 1. The van der Waals surface area contributed by atoms with Crippen LogP contribution in [0.25, 0.3) is 0 Å². The largest absolute Gasteiger partial charge is 0.381 e. The van der Waals surface area contributed by atoms with Crippen LogP contribution in [0.2, 0.25) is 0 Å².